The molecule has 0 bridgehead atoms. The molecule has 1 heterocycles. The normalized spacial score (nSPS) is 8.77. The third-order valence-electron chi connectivity index (χ3n) is 1.42. The lowest BCUT2D eigenvalue weighted by Gasteiger charge is -1.93. The van der Waals surface area contributed by atoms with Crippen molar-refractivity contribution in [3.63, 3.8) is 0 Å². The van der Waals surface area contributed by atoms with Gasteiger partial charge in [0.2, 0.25) is 0 Å². The zero-order valence-corrected chi connectivity index (χ0v) is 8.76. The monoisotopic (exact) mass is 237 g/mol. The van der Waals surface area contributed by atoms with Gasteiger partial charge in [0.15, 0.2) is 5.78 Å². The Hall–Kier alpha value is -1.14. The number of carbonyl (C=O) groups is 1. The van der Waals surface area contributed by atoms with Gasteiger partial charge in [0.05, 0.1) is 5.33 Å². The molecular weight excluding hydrogens is 230 g/mol. The van der Waals surface area contributed by atoms with E-state index in [2.05, 4.69) is 32.8 Å². The minimum Gasteiger partial charge on any atom is -0.293 e. The number of hydrogen-bond acceptors (Lipinski definition) is 2. The van der Waals surface area contributed by atoms with Gasteiger partial charge < -0.3 is 0 Å². The minimum atomic E-state index is -0.0278. The van der Waals surface area contributed by atoms with Crippen molar-refractivity contribution in [1.29, 1.82) is 0 Å². The van der Waals surface area contributed by atoms with E-state index in [9.17, 15) is 4.79 Å². The molecule has 0 aliphatic heterocycles. The fourth-order valence-corrected chi connectivity index (χ4v) is 0.952. The number of pyridine rings is 1. The summed E-state index contributed by atoms with van der Waals surface area (Å²) in [7, 11) is 0. The van der Waals surface area contributed by atoms with Crippen molar-refractivity contribution in [3.8, 4) is 11.8 Å². The summed E-state index contributed by atoms with van der Waals surface area (Å²) in [6.07, 6.45) is 1.60. The number of hydrogen-bond donors (Lipinski definition) is 0. The second-order valence-corrected chi connectivity index (χ2v) is 2.98. The van der Waals surface area contributed by atoms with Gasteiger partial charge in [-0.2, -0.15) is 0 Å². The second kappa shape index (κ2) is 4.78. The van der Waals surface area contributed by atoms with Crippen LogP contribution in [0.15, 0.2) is 18.3 Å². The highest BCUT2D eigenvalue weighted by Crippen LogP contribution is 1.99. The number of halogens is 1. The molecule has 66 valence electrons. The zero-order chi connectivity index (χ0) is 9.68. The number of carbonyl (C=O) groups excluding carboxylic acids is 1. The summed E-state index contributed by atoms with van der Waals surface area (Å²) in [6.45, 7) is 1.49. The lowest BCUT2D eigenvalue weighted by molar-refractivity contribution is 0.101. The van der Waals surface area contributed by atoms with E-state index in [-0.39, 0.29) is 5.78 Å². The molecule has 13 heavy (non-hydrogen) atoms. The molecule has 2 nitrogen and oxygen atoms in total. The highest BCUT2D eigenvalue weighted by molar-refractivity contribution is 9.09. The third kappa shape index (κ3) is 3.00. The molecule has 0 saturated heterocycles. The smallest absolute Gasteiger partial charge is 0.178 e. The molecule has 1 aromatic rings. The molecule has 0 unspecified atom stereocenters. The van der Waals surface area contributed by atoms with Gasteiger partial charge in [-0.05, 0) is 12.1 Å². The van der Waals surface area contributed by atoms with Crippen LogP contribution in [0.2, 0.25) is 0 Å². The SMILES string of the molecule is CC(=O)c1ccc(C#CCBr)cn1. The first-order chi connectivity index (χ1) is 6.24. The lowest BCUT2D eigenvalue weighted by atomic mass is 10.2. The maximum atomic E-state index is 10.9. The zero-order valence-electron chi connectivity index (χ0n) is 7.17. The van der Waals surface area contributed by atoms with E-state index in [0.717, 1.165) is 5.56 Å². The van der Waals surface area contributed by atoms with Crippen LogP contribution < -0.4 is 0 Å². The molecule has 3 heteroatoms. The molecule has 0 radical (unpaired) electrons. The fraction of sp³-hybridized carbons (Fsp3) is 0.200. The number of aromatic nitrogens is 1. The second-order valence-electron chi connectivity index (χ2n) is 2.42. The maximum Gasteiger partial charge on any atom is 0.178 e. The average molecular weight is 238 g/mol. The number of nitrogens with zero attached hydrogens (tertiary/aromatic N) is 1. The summed E-state index contributed by atoms with van der Waals surface area (Å²) < 4.78 is 0. The number of rotatable bonds is 1. The first-order valence-electron chi connectivity index (χ1n) is 3.76. The van der Waals surface area contributed by atoms with E-state index in [1.165, 1.54) is 6.92 Å². The Bertz CT molecular complexity index is 359. The fourth-order valence-electron chi connectivity index (χ4n) is 0.812. The van der Waals surface area contributed by atoms with Crippen molar-refractivity contribution in [1.82, 2.24) is 4.98 Å². The Morgan fingerprint density at radius 1 is 1.62 bits per heavy atom. The molecule has 0 N–H and O–H groups in total. The summed E-state index contributed by atoms with van der Waals surface area (Å²) >= 11 is 3.20. The van der Waals surface area contributed by atoms with E-state index < -0.39 is 0 Å². The van der Waals surface area contributed by atoms with Gasteiger partial charge in [0.1, 0.15) is 5.69 Å². The Labute approximate surface area is 85.5 Å². The number of Topliss-reactive ketones (excluding diaryl/α,β-unsaturated/α-hetero) is 1. The topological polar surface area (TPSA) is 30.0 Å². The van der Waals surface area contributed by atoms with E-state index >= 15 is 0 Å². The van der Waals surface area contributed by atoms with E-state index in [4.69, 9.17) is 0 Å². The summed E-state index contributed by atoms with van der Waals surface area (Å²) in [6, 6.07) is 3.47. The molecule has 0 spiro atoms. The van der Waals surface area contributed by atoms with Gasteiger partial charge >= 0.3 is 0 Å². The molecule has 0 amide bonds. The summed E-state index contributed by atoms with van der Waals surface area (Å²) in [5.41, 5.74) is 1.30. The lowest BCUT2D eigenvalue weighted by Crippen LogP contribution is -1.95. The van der Waals surface area contributed by atoms with Crippen LogP contribution in [0.5, 0.6) is 0 Å². The third-order valence-corrected chi connectivity index (χ3v) is 1.70. The molecule has 0 fully saturated rings. The van der Waals surface area contributed by atoms with Gasteiger partial charge in [-0.3, -0.25) is 9.78 Å². The van der Waals surface area contributed by atoms with Crippen molar-refractivity contribution >= 4 is 21.7 Å². The van der Waals surface area contributed by atoms with Crippen molar-refractivity contribution in [2.75, 3.05) is 5.33 Å². The van der Waals surface area contributed by atoms with Gasteiger partial charge in [-0.1, -0.05) is 27.8 Å². The maximum absolute atomic E-state index is 10.9. The molecule has 0 aromatic carbocycles. The van der Waals surface area contributed by atoms with Crippen LogP contribution in [-0.2, 0) is 0 Å². The van der Waals surface area contributed by atoms with Crippen LogP contribution in [0.25, 0.3) is 0 Å². The molecule has 0 atom stereocenters. The van der Waals surface area contributed by atoms with Crippen molar-refractivity contribution in [2.45, 2.75) is 6.92 Å². The molecule has 0 aliphatic rings. The molecule has 0 saturated carbocycles. The Kier molecular flexibility index (Phi) is 3.66. The quantitative estimate of drug-likeness (QED) is 0.425. The van der Waals surface area contributed by atoms with E-state index in [1.807, 2.05) is 0 Å². The molecule has 1 rings (SSSR count). The first-order valence-corrected chi connectivity index (χ1v) is 4.88. The Morgan fingerprint density at radius 2 is 2.38 bits per heavy atom. The van der Waals surface area contributed by atoms with Crippen LogP contribution in [0.4, 0.5) is 0 Å². The standard InChI is InChI=1S/C10H8BrNO/c1-8(13)10-5-4-9(7-12-10)3-2-6-11/h4-5,7H,6H2,1H3. The van der Waals surface area contributed by atoms with Crippen LogP contribution >= 0.6 is 15.9 Å². The minimum absolute atomic E-state index is 0.0278. The highest BCUT2D eigenvalue weighted by Gasteiger charge is 1.98. The molecule has 0 aliphatic carbocycles. The highest BCUT2D eigenvalue weighted by atomic mass is 79.9. The van der Waals surface area contributed by atoms with Crippen LogP contribution in [-0.4, -0.2) is 16.1 Å². The summed E-state index contributed by atoms with van der Waals surface area (Å²) in [5, 5.41) is 0.640. The van der Waals surface area contributed by atoms with E-state index in [0.29, 0.717) is 11.0 Å². The predicted molar refractivity (Wildman–Crippen MR) is 54.9 cm³/mol. The molecular formula is C10H8BrNO. The Balaban J connectivity index is 2.87. The van der Waals surface area contributed by atoms with Gasteiger partial charge in [0, 0.05) is 18.7 Å². The Morgan fingerprint density at radius 3 is 2.85 bits per heavy atom. The van der Waals surface area contributed by atoms with Gasteiger partial charge in [0.25, 0.3) is 0 Å². The van der Waals surface area contributed by atoms with Gasteiger partial charge in [-0.25, -0.2) is 0 Å². The van der Waals surface area contributed by atoms with Crippen LogP contribution in [0.1, 0.15) is 23.0 Å². The van der Waals surface area contributed by atoms with Crippen LogP contribution in [0, 0.1) is 11.8 Å². The van der Waals surface area contributed by atoms with Gasteiger partial charge in [-0.15, -0.1) is 0 Å². The van der Waals surface area contributed by atoms with E-state index in [1.54, 1.807) is 18.3 Å². The predicted octanol–water partition coefficient (Wildman–Crippen LogP) is 2.03. The molecule has 1 aromatic heterocycles. The first kappa shape index (κ1) is 9.94. The van der Waals surface area contributed by atoms with Crippen LogP contribution in [0.3, 0.4) is 0 Å². The van der Waals surface area contributed by atoms with Crippen molar-refractivity contribution < 1.29 is 4.79 Å². The summed E-state index contributed by atoms with van der Waals surface area (Å²) in [4.78, 5) is 14.8. The van der Waals surface area contributed by atoms with Crippen molar-refractivity contribution in [3.05, 3.63) is 29.6 Å². The average Bonchev–Trinajstić information content (AvgIpc) is 2.15. The number of ketones is 1. The van der Waals surface area contributed by atoms with Crippen molar-refractivity contribution in [2.24, 2.45) is 0 Å². The summed E-state index contributed by atoms with van der Waals surface area (Å²) in [5.74, 6) is 5.72. The largest absolute Gasteiger partial charge is 0.293 e. The number of alkyl halides is 1.